The average molecular weight is 313 g/mol. The van der Waals surface area contributed by atoms with Crippen LogP contribution in [0, 0.1) is 28.7 Å². The van der Waals surface area contributed by atoms with E-state index in [1.807, 2.05) is 0 Å². The normalized spacial score (nSPS) is 10.4. The number of aryl methyl sites for hydroxylation is 1. The first-order valence-electron chi connectivity index (χ1n) is 5.71. The Morgan fingerprint density at radius 1 is 1.43 bits per heavy atom. The third kappa shape index (κ3) is 3.37. The fourth-order valence-corrected chi connectivity index (χ4v) is 2.32. The Kier molecular flexibility index (Phi) is 4.22. The van der Waals surface area contributed by atoms with E-state index in [-0.39, 0.29) is 6.54 Å². The Bertz CT molecular complexity index is 718. The molecule has 21 heavy (non-hydrogen) atoms. The molecule has 0 aliphatic rings. The second-order valence-electron chi connectivity index (χ2n) is 4.11. The first kappa shape index (κ1) is 15.0. The zero-order chi connectivity index (χ0) is 15.6. The van der Waals surface area contributed by atoms with Crippen LogP contribution in [0.2, 0.25) is 0 Å². The molecule has 0 saturated carbocycles. The van der Waals surface area contributed by atoms with Gasteiger partial charge in [0.25, 0.3) is 11.6 Å². The number of carbonyl (C=O) groups is 1. The fourth-order valence-electron chi connectivity index (χ4n) is 1.60. The van der Waals surface area contributed by atoms with Crippen LogP contribution in [0.1, 0.15) is 21.1 Å². The highest BCUT2D eigenvalue weighted by Gasteiger charge is 2.23. The molecule has 9 heteroatoms. The number of halogens is 2. The van der Waals surface area contributed by atoms with Crippen molar-refractivity contribution in [1.82, 2.24) is 10.3 Å². The van der Waals surface area contributed by atoms with Crippen molar-refractivity contribution >= 4 is 22.9 Å². The van der Waals surface area contributed by atoms with Crippen LogP contribution >= 0.6 is 11.3 Å². The van der Waals surface area contributed by atoms with E-state index in [0.717, 1.165) is 5.69 Å². The van der Waals surface area contributed by atoms with Crippen molar-refractivity contribution in [3.63, 3.8) is 0 Å². The van der Waals surface area contributed by atoms with Crippen LogP contribution in [0.4, 0.5) is 14.5 Å². The number of nitro benzene ring substituents is 1. The Labute approximate surface area is 121 Å². The van der Waals surface area contributed by atoms with Crippen molar-refractivity contribution in [3.05, 3.63) is 55.5 Å². The number of hydrogen-bond acceptors (Lipinski definition) is 5. The standard InChI is InChI=1S/C12H9F2N3O3S/c1-6-5-21-11(16-6)4-15-12(18)7-2-8(13)9(14)3-10(7)17(19)20/h2-3,5H,4H2,1H3,(H,15,18). The number of carbonyl (C=O) groups excluding carboxylic acids is 1. The minimum absolute atomic E-state index is 0.0491. The van der Waals surface area contributed by atoms with Crippen LogP contribution in [0.25, 0.3) is 0 Å². The molecule has 0 aliphatic heterocycles. The van der Waals surface area contributed by atoms with Gasteiger partial charge in [0, 0.05) is 11.1 Å². The zero-order valence-corrected chi connectivity index (χ0v) is 11.5. The lowest BCUT2D eigenvalue weighted by molar-refractivity contribution is -0.385. The van der Waals surface area contributed by atoms with Crippen LogP contribution in [0.5, 0.6) is 0 Å². The monoisotopic (exact) mass is 313 g/mol. The summed E-state index contributed by atoms with van der Waals surface area (Å²) in [5.74, 6) is -3.57. The molecule has 0 aliphatic carbocycles. The van der Waals surface area contributed by atoms with E-state index in [9.17, 15) is 23.7 Å². The molecule has 1 heterocycles. The van der Waals surface area contributed by atoms with Gasteiger partial charge in [-0.15, -0.1) is 11.3 Å². The smallest absolute Gasteiger partial charge is 0.285 e. The maximum absolute atomic E-state index is 13.2. The van der Waals surface area contributed by atoms with Crippen LogP contribution in [0.15, 0.2) is 17.5 Å². The van der Waals surface area contributed by atoms with Gasteiger partial charge < -0.3 is 5.32 Å². The van der Waals surface area contributed by atoms with Gasteiger partial charge in [0.2, 0.25) is 0 Å². The van der Waals surface area contributed by atoms with E-state index in [2.05, 4.69) is 10.3 Å². The number of rotatable bonds is 4. The summed E-state index contributed by atoms with van der Waals surface area (Å²) in [6.45, 7) is 1.83. The van der Waals surface area contributed by atoms with Gasteiger partial charge in [-0.3, -0.25) is 14.9 Å². The molecule has 2 rings (SSSR count). The van der Waals surface area contributed by atoms with Crippen LogP contribution in [0.3, 0.4) is 0 Å². The molecule has 0 fully saturated rings. The van der Waals surface area contributed by atoms with Crippen molar-refractivity contribution in [1.29, 1.82) is 0 Å². The summed E-state index contributed by atoms with van der Waals surface area (Å²) >= 11 is 1.31. The number of nitrogens with one attached hydrogen (secondary N) is 1. The van der Waals surface area contributed by atoms with Gasteiger partial charge in [-0.25, -0.2) is 13.8 Å². The van der Waals surface area contributed by atoms with Crippen molar-refractivity contribution in [2.24, 2.45) is 0 Å². The number of nitro groups is 1. The summed E-state index contributed by atoms with van der Waals surface area (Å²) in [6.07, 6.45) is 0. The number of nitrogens with zero attached hydrogens (tertiary/aromatic N) is 2. The highest BCUT2D eigenvalue weighted by atomic mass is 32.1. The van der Waals surface area contributed by atoms with Crippen LogP contribution < -0.4 is 5.32 Å². The lowest BCUT2D eigenvalue weighted by Crippen LogP contribution is -2.24. The minimum Gasteiger partial charge on any atom is -0.345 e. The van der Waals surface area contributed by atoms with Gasteiger partial charge in [0.05, 0.1) is 17.5 Å². The summed E-state index contributed by atoms with van der Waals surface area (Å²) < 4.78 is 26.2. The molecule has 6 nitrogen and oxygen atoms in total. The topological polar surface area (TPSA) is 85.1 Å². The van der Waals surface area contributed by atoms with Gasteiger partial charge in [0.15, 0.2) is 11.6 Å². The second kappa shape index (κ2) is 5.92. The molecular weight excluding hydrogens is 304 g/mol. The van der Waals surface area contributed by atoms with E-state index in [0.29, 0.717) is 17.1 Å². The molecule has 0 spiro atoms. The molecule has 0 atom stereocenters. The van der Waals surface area contributed by atoms with Crippen molar-refractivity contribution in [2.45, 2.75) is 13.5 Å². The number of aromatic nitrogens is 1. The quantitative estimate of drug-likeness (QED) is 0.694. The Morgan fingerprint density at radius 3 is 2.67 bits per heavy atom. The summed E-state index contributed by atoms with van der Waals surface area (Å²) in [5.41, 5.74) is -0.544. The molecule has 1 amide bonds. The first-order valence-corrected chi connectivity index (χ1v) is 6.59. The third-order valence-corrected chi connectivity index (χ3v) is 3.51. The van der Waals surface area contributed by atoms with Gasteiger partial charge in [-0.2, -0.15) is 0 Å². The summed E-state index contributed by atoms with van der Waals surface area (Å²) in [5, 5.41) is 15.6. The molecule has 1 aromatic carbocycles. The number of amides is 1. The molecule has 1 aromatic heterocycles. The SMILES string of the molecule is Cc1csc(CNC(=O)c2cc(F)c(F)cc2[N+](=O)[O-])n1. The summed E-state index contributed by atoms with van der Waals surface area (Å²) in [6, 6.07) is 0.897. The second-order valence-corrected chi connectivity index (χ2v) is 5.05. The Morgan fingerprint density at radius 2 is 2.10 bits per heavy atom. The Hall–Kier alpha value is -2.42. The zero-order valence-electron chi connectivity index (χ0n) is 10.7. The number of thiazole rings is 1. The summed E-state index contributed by atoms with van der Waals surface area (Å²) in [7, 11) is 0. The molecule has 2 aromatic rings. The first-order chi connectivity index (χ1) is 9.88. The van der Waals surface area contributed by atoms with E-state index in [1.165, 1.54) is 11.3 Å². The van der Waals surface area contributed by atoms with E-state index < -0.39 is 33.7 Å². The maximum Gasteiger partial charge on any atom is 0.285 e. The molecule has 0 radical (unpaired) electrons. The van der Waals surface area contributed by atoms with Crippen LogP contribution in [-0.4, -0.2) is 15.8 Å². The third-order valence-electron chi connectivity index (χ3n) is 2.55. The predicted molar refractivity (Wildman–Crippen MR) is 71.0 cm³/mol. The predicted octanol–water partition coefficient (Wildman–Crippen LogP) is 2.57. The number of benzene rings is 1. The maximum atomic E-state index is 13.2. The van der Waals surface area contributed by atoms with Crippen LogP contribution in [-0.2, 0) is 6.54 Å². The van der Waals surface area contributed by atoms with Crippen molar-refractivity contribution < 1.29 is 18.5 Å². The molecule has 0 bridgehead atoms. The highest BCUT2D eigenvalue weighted by molar-refractivity contribution is 7.09. The Balaban J connectivity index is 2.22. The van der Waals surface area contributed by atoms with E-state index in [1.54, 1.807) is 12.3 Å². The van der Waals surface area contributed by atoms with Gasteiger partial charge in [0.1, 0.15) is 10.6 Å². The minimum atomic E-state index is -1.38. The fraction of sp³-hybridized carbons (Fsp3) is 0.167. The van der Waals surface area contributed by atoms with Gasteiger partial charge in [-0.05, 0) is 13.0 Å². The molecule has 0 unspecified atom stereocenters. The molecule has 0 saturated heterocycles. The summed E-state index contributed by atoms with van der Waals surface area (Å²) in [4.78, 5) is 25.8. The van der Waals surface area contributed by atoms with E-state index >= 15 is 0 Å². The highest BCUT2D eigenvalue weighted by Crippen LogP contribution is 2.22. The lowest BCUT2D eigenvalue weighted by Gasteiger charge is -2.05. The molecular formula is C12H9F2N3O3S. The van der Waals surface area contributed by atoms with Gasteiger partial charge >= 0.3 is 0 Å². The average Bonchev–Trinajstić information content (AvgIpc) is 2.84. The van der Waals surface area contributed by atoms with Crippen molar-refractivity contribution in [3.8, 4) is 0 Å². The lowest BCUT2D eigenvalue weighted by atomic mass is 10.1. The molecule has 110 valence electrons. The van der Waals surface area contributed by atoms with Gasteiger partial charge in [-0.1, -0.05) is 0 Å². The van der Waals surface area contributed by atoms with Crippen molar-refractivity contribution in [2.75, 3.05) is 0 Å². The number of hydrogen-bond donors (Lipinski definition) is 1. The molecule has 1 N–H and O–H groups in total. The largest absolute Gasteiger partial charge is 0.345 e. The van der Waals surface area contributed by atoms with E-state index in [4.69, 9.17) is 0 Å².